The van der Waals surface area contributed by atoms with Crippen LogP contribution in [0.2, 0.25) is 0 Å². The lowest BCUT2D eigenvalue weighted by Crippen LogP contribution is -2.51. The summed E-state index contributed by atoms with van der Waals surface area (Å²) in [5, 5.41) is 0. The molecule has 2 N–H and O–H groups in total. The predicted octanol–water partition coefficient (Wildman–Crippen LogP) is 2.79. The molecular formula is C15H30N2O. The number of hydrogen-bond donors (Lipinski definition) is 1. The fourth-order valence-electron chi connectivity index (χ4n) is 3.30. The summed E-state index contributed by atoms with van der Waals surface area (Å²) in [6.07, 6.45) is 6.33. The number of nitrogens with two attached hydrogens (primary N) is 1. The number of piperidine rings is 1. The van der Waals surface area contributed by atoms with Crippen molar-refractivity contribution in [3.8, 4) is 0 Å². The van der Waals surface area contributed by atoms with Crippen molar-refractivity contribution in [3.63, 3.8) is 0 Å². The number of carbonyl (C=O) groups excluding carboxylic acids is 1. The number of rotatable bonds is 6. The zero-order valence-corrected chi connectivity index (χ0v) is 12.4. The average molecular weight is 254 g/mol. The van der Waals surface area contributed by atoms with Crippen LogP contribution in [0.4, 0.5) is 0 Å². The van der Waals surface area contributed by atoms with Gasteiger partial charge in [0, 0.05) is 19.6 Å². The molecular weight excluding hydrogens is 224 g/mol. The van der Waals surface area contributed by atoms with Crippen molar-refractivity contribution >= 4 is 5.91 Å². The average Bonchev–Trinajstić information content (AvgIpc) is 2.37. The highest BCUT2D eigenvalue weighted by Crippen LogP contribution is 2.32. The van der Waals surface area contributed by atoms with E-state index in [4.69, 9.17) is 5.73 Å². The van der Waals surface area contributed by atoms with Gasteiger partial charge in [0.1, 0.15) is 0 Å². The van der Waals surface area contributed by atoms with E-state index in [-0.39, 0.29) is 5.41 Å². The summed E-state index contributed by atoms with van der Waals surface area (Å²) in [5.74, 6) is 0.960. The van der Waals surface area contributed by atoms with E-state index in [1.165, 1.54) is 6.42 Å². The van der Waals surface area contributed by atoms with Crippen LogP contribution in [0.3, 0.4) is 0 Å². The molecule has 1 aliphatic heterocycles. The molecule has 3 nitrogen and oxygen atoms in total. The van der Waals surface area contributed by atoms with Gasteiger partial charge in [-0.2, -0.15) is 0 Å². The molecule has 18 heavy (non-hydrogen) atoms. The van der Waals surface area contributed by atoms with Crippen LogP contribution >= 0.6 is 0 Å². The highest BCUT2D eigenvalue weighted by Gasteiger charge is 2.39. The molecule has 3 heteroatoms. The molecule has 0 aromatic heterocycles. The Morgan fingerprint density at radius 3 is 2.39 bits per heavy atom. The number of carbonyl (C=O) groups is 1. The molecule has 0 spiro atoms. The van der Waals surface area contributed by atoms with Crippen molar-refractivity contribution in [2.24, 2.45) is 17.1 Å². The summed E-state index contributed by atoms with van der Waals surface area (Å²) < 4.78 is 0. The zero-order chi connectivity index (χ0) is 13.6. The van der Waals surface area contributed by atoms with Gasteiger partial charge in [-0.1, -0.05) is 33.6 Å². The third kappa shape index (κ3) is 3.47. The minimum Gasteiger partial charge on any atom is -0.342 e. The third-order valence-electron chi connectivity index (χ3n) is 4.25. The van der Waals surface area contributed by atoms with Crippen molar-refractivity contribution in [2.45, 2.75) is 59.3 Å². The van der Waals surface area contributed by atoms with Gasteiger partial charge in [-0.25, -0.2) is 0 Å². The second-order valence-electron chi connectivity index (χ2n) is 5.98. The van der Waals surface area contributed by atoms with Crippen LogP contribution in [0.1, 0.15) is 59.3 Å². The maximum atomic E-state index is 12.8. The molecule has 1 aliphatic rings. The summed E-state index contributed by atoms with van der Waals surface area (Å²) in [5.41, 5.74) is 5.68. The van der Waals surface area contributed by atoms with E-state index < -0.39 is 0 Å². The monoisotopic (exact) mass is 254 g/mol. The number of likely N-dealkylation sites (tertiary alicyclic amines) is 1. The lowest BCUT2D eigenvalue weighted by Gasteiger charge is -2.39. The fourth-order valence-corrected chi connectivity index (χ4v) is 3.30. The maximum absolute atomic E-state index is 12.8. The van der Waals surface area contributed by atoms with Crippen LogP contribution in [0.25, 0.3) is 0 Å². The second kappa shape index (κ2) is 7.13. The zero-order valence-electron chi connectivity index (χ0n) is 12.4. The normalized spacial score (nSPS) is 21.1. The third-order valence-corrected chi connectivity index (χ3v) is 4.25. The van der Waals surface area contributed by atoms with Gasteiger partial charge in [0.25, 0.3) is 0 Å². The van der Waals surface area contributed by atoms with E-state index in [0.29, 0.717) is 18.4 Å². The van der Waals surface area contributed by atoms with Gasteiger partial charge in [0.15, 0.2) is 0 Å². The largest absolute Gasteiger partial charge is 0.342 e. The van der Waals surface area contributed by atoms with Gasteiger partial charge in [-0.3, -0.25) is 4.79 Å². The first-order chi connectivity index (χ1) is 8.59. The summed E-state index contributed by atoms with van der Waals surface area (Å²) in [4.78, 5) is 14.9. The molecule has 0 saturated carbocycles. The predicted molar refractivity (Wildman–Crippen MR) is 76.3 cm³/mol. The Balaban J connectivity index is 2.79. The van der Waals surface area contributed by atoms with E-state index in [1.807, 2.05) is 0 Å². The smallest absolute Gasteiger partial charge is 0.230 e. The van der Waals surface area contributed by atoms with Crippen LogP contribution in [0.15, 0.2) is 0 Å². The van der Waals surface area contributed by atoms with E-state index in [1.54, 1.807) is 0 Å². The standard InChI is InChI=1S/C15H30N2O/c1-4-8-15(12-16,9-5-2)14(18)17-10-6-7-13(3)11-17/h13H,4-12,16H2,1-3H3. The number of hydrogen-bond acceptors (Lipinski definition) is 2. The molecule has 1 rings (SSSR count). The van der Waals surface area contributed by atoms with Crippen LogP contribution in [-0.4, -0.2) is 30.4 Å². The number of nitrogens with zero attached hydrogens (tertiary/aromatic N) is 1. The van der Waals surface area contributed by atoms with Gasteiger partial charge in [-0.05, 0) is 31.6 Å². The molecule has 1 atom stereocenters. The van der Waals surface area contributed by atoms with Gasteiger partial charge in [0.05, 0.1) is 5.41 Å². The molecule has 1 unspecified atom stereocenters. The van der Waals surface area contributed by atoms with Gasteiger partial charge in [0.2, 0.25) is 5.91 Å². The quantitative estimate of drug-likeness (QED) is 0.792. The fraction of sp³-hybridized carbons (Fsp3) is 0.933. The van der Waals surface area contributed by atoms with E-state index >= 15 is 0 Å². The molecule has 0 aromatic rings. The van der Waals surface area contributed by atoms with Gasteiger partial charge in [-0.15, -0.1) is 0 Å². The summed E-state index contributed by atoms with van der Waals surface area (Å²) >= 11 is 0. The van der Waals surface area contributed by atoms with Crippen molar-refractivity contribution in [1.82, 2.24) is 4.90 Å². The molecule has 106 valence electrons. The summed E-state index contributed by atoms with van der Waals surface area (Å²) in [7, 11) is 0. The molecule has 1 heterocycles. The van der Waals surface area contributed by atoms with Gasteiger partial charge < -0.3 is 10.6 Å². The second-order valence-corrected chi connectivity index (χ2v) is 5.98. The maximum Gasteiger partial charge on any atom is 0.230 e. The highest BCUT2D eigenvalue weighted by atomic mass is 16.2. The molecule has 0 radical (unpaired) electrons. The molecule has 1 saturated heterocycles. The van der Waals surface area contributed by atoms with Crippen molar-refractivity contribution in [3.05, 3.63) is 0 Å². The van der Waals surface area contributed by atoms with Crippen molar-refractivity contribution in [1.29, 1.82) is 0 Å². The SMILES string of the molecule is CCCC(CN)(CCC)C(=O)N1CCCC(C)C1. The Morgan fingerprint density at radius 2 is 1.94 bits per heavy atom. The topological polar surface area (TPSA) is 46.3 Å². The lowest BCUT2D eigenvalue weighted by atomic mass is 9.77. The molecule has 0 aliphatic carbocycles. The minimum absolute atomic E-state index is 0.291. The first kappa shape index (κ1) is 15.5. The Morgan fingerprint density at radius 1 is 1.33 bits per heavy atom. The minimum atomic E-state index is -0.291. The van der Waals surface area contributed by atoms with E-state index in [2.05, 4.69) is 25.7 Å². The Bertz CT molecular complexity index is 259. The molecule has 0 aromatic carbocycles. The summed E-state index contributed by atoms with van der Waals surface area (Å²) in [6, 6.07) is 0. The van der Waals surface area contributed by atoms with Crippen LogP contribution in [-0.2, 0) is 4.79 Å². The van der Waals surface area contributed by atoms with Crippen molar-refractivity contribution < 1.29 is 4.79 Å². The number of amides is 1. The Labute approximate surface area is 112 Å². The highest BCUT2D eigenvalue weighted by molar-refractivity contribution is 5.83. The Kier molecular flexibility index (Phi) is 6.13. The molecule has 0 bridgehead atoms. The van der Waals surface area contributed by atoms with Crippen LogP contribution in [0, 0.1) is 11.3 Å². The van der Waals surface area contributed by atoms with E-state index in [9.17, 15) is 4.79 Å². The van der Waals surface area contributed by atoms with Crippen LogP contribution in [0.5, 0.6) is 0 Å². The lowest BCUT2D eigenvalue weighted by molar-refractivity contribution is -0.144. The van der Waals surface area contributed by atoms with Crippen LogP contribution < -0.4 is 5.73 Å². The molecule has 1 fully saturated rings. The van der Waals surface area contributed by atoms with Crippen molar-refractivity contribution in [2.75, 3.05) is 19.6 Å². The molecule has 1 amide bonds. The first-order valence-corrected chi connectivity index (χ1v) is 7.59. The Hall–Kier alpha value is -0.570. The van der Waals surface area contributed by atoms with Gasteiger partial charge >= 0.3 is 0 Å². The summed E-state index contributed by atoms with van der Waals surface area (Å²) in [6.45, 7) is 8.88. The van der Waals surface area contributed by atoms with E-state index in [0.717, 1.165) is 45.2 Å². The first-order valence-electron chi connectivity index (χ1n) is 7.59.